The highest BCUT2D eigenvalue weighted by atomic mass is 16.2. The van der Waals surface area contributed by atoms with Gasteiger partial charge in [0.25, 0.3) is 5.91 Å². The molecule has 3 aromatic rings. The van der Waals surface area contributed by atoms with Crippen LogP contribution in [0.15, 0.2) is 60.4 Å². The van der Waals surface area contributed by atoms with Gasteiger partial charge in [-0.1, -0.05) is 36.4 Å². The largest absolute Gasteiger partial charge is 0.328 e. The number of aromatic nitrogens is 2. The topological polar surface area (TPSA) is 66.7 Å². The molecule has 1 N–H and O–H groups in total. The molecule has 4 rings (SSSR count). The van der Waals surface area contributed by atoms with Gasteiger partial charge < -0.3 is 5.32 Å². The highest BCUT2D eigenvalue weighted by Gasteiger charge is 2.30. The number of hydrogen-bond donors (Lipinski definition) is 1. The molecule has 1 aliphatic rings. The van der Waals surface area contributed by atoms with Crippen molar-refractivity contribution < 1.29 is 9.59 Å². The van der Waals surface area contributed by atoms with Gasteiger partial charge in [-0.25, -0.2) is 9.78 Å². The van der Waals surface area contributed by atoms with Crippen LogP contribution < -0.4 is 5.32 Å². The van der Waals surface area contributed by atoms with E-state index in [4.69, 9.17) is 0 Å². The van der Waals surface area contributed by atoms with Crippen molar-refractivity contribution in [1.29, 1.82) is 0 Å². The summed E-state index contributed by atoms with van der Waals surface area (Å²) in [6, 6.07) is 15.0. The molecular formula is C18H14N4O2. The van der Waals surface area contributed by atoms with Crippen LogP contribution in [0.4, 0.5) is 4.79 Å². The number of nitrogens with one attached hydrogen (secondary N) is 1. The number of amides is 3. The van der Waals surface area contributed by atoms with Crippen LogP contribution in [0.25, 0.3) is 23.0 Å². The average molecular weight is 318 g/mol. The molecule has 118 valence electrons. The van der Waals surface area contributed by atoms with Crippen LogP contribution in [-0.4, -0.2) is 33.3 Å². The second-order valence-corrected chi connectivity index (χ2v) is 5.49. The summed E-state index contributed by atoms with van der Waals surface area (Å²) in [7, 11) is 1.45. The molecule has 3 heterocycles. The number of urea groups is 1. The summed E-state index contributed by atoms with van der Waals surface area (Å²) in [6.45, 7) is 0. The smallest absolute Gasteiger partial charge is 0.303 e. The maximum atomic E-state index is 12.2. The summed E-state index contributed by atoms with van der Waals surface area (Å²) in [5, 5.41) is 2.59. The molecule has 0 spiro atoms. The lowest BCUT2D eigenvalue weighted by molar-refractivity contribution is -0.121. The van der Waals surface area contributed by atoms with Crippen molar-refractivity contribution in [2.45, 2.75) is 0 Å². The molecule has 0 saturated carbocycles. The number of carbonyl (C=O) groups excluding carboxylic acids is 2. The minimum absolute atomic E-state index is 0.241. The van der Waals surface area contributed by atoms with E-state index in [1.807, 2.05) is 59.1 Å². The number of rotatable bonds is 2. The van der Waals surface area contributed by atoms with Gasteiger partial charge in [-0.2, -0.15) is 0 Å². The van der Waals surface area contributed by atoms with Crippen molar-refractivity contribution >= 4 is 23.7 Å². The Kier molecular flexibility index (Phi) is 3.16. The molecule has 6 nitrogen and oxygen atoms in total. The van der Waals surface area contributed by atoms with Crippen LogP contribution in [0.3, 0.4) is 0 Å². The third-order valence-electron chi connectivity index (χ3n) is 3.98. The van der Waals surface area contributed by atoms with Crippen molar-refractivity contribution in [3.63, 3.8) is 0 Å². The standard InChI is InChI=1S/C18H14N4O2/c1-21-17(23)13(19-18(21)24)11-14-16(12-7-3-2-4-8-12)20-15-9-5-6-10-22(14)15/h2-11H,1H3,(H,19,24)/b13-11+. The predicted octanol–water partition coefficient (Wildman–Crippen LogP) is 2.52. The van der Waals surface area contributed by atoms with E-state index < -0.39 is 6.03 Å². The number of imide groups is 1. The third kappa shape index (κ3) is 2.16. The summed E-state index contributed by atoms with van der Waals surface area (Å²) in [5.74, 6) is -0.357. The zero-order valence-electron chi connectivity index (χ0n) is 12.9. The van der Waals surface area contributed by atoms with Gasteiger partial charge in [0.15, 0.2) is 0 Å². The predicted molar refractivity (Wildman–Crippen MR) is 89.9 cm³/mol. The van der Waals surface area contributed by atoms with Gasteiger partial charge in [0.2, 0.25) is 0 Å². The van der Waals surface area contributed by atoms with Crippen LogP contribution in [0.1, 0.15) is 5.69 Å². The first-order valence-corrected chi connectivity index (χ1v) is 7.48. The van der Waals surface area contributed by atoms with E-state index in [1.165, 1.54) is 7.05 Å². The zero-order chi connectivity index (χ0) is 16.7. The Morgan fingerprint density at radius 1 is 1.04 bits per heavy atom. The maximum absolute atomic E-state index is 12.2. The molecule has 1 aromatic carbocycles. The van der Waals surface area contributed by atoms with Crippen molar-refractivity contribution in [1.82, 2.24) is 19.6 Å². The minimum Gasteiger partial charge on any atom is -0.303 e. The fourth-order valence-electron chi connectivity index (χ4n) is 2.72. The lowest BCUT2D eigenvalue weighted by atomic mass is 10.1. The molecule has 1 saturated heterocycles. The molecule has 2 aromatic heterocycles. The van der Waals surface area contributed by atoms with Gasteiger partial charge in [-0.05, 0) is 18.2 Å². The number of benzene rings is 1. The molecule has 0 bridgehead atoms. The van der Waals surface area contributed by atoms with Crippen LogP contribution in [0, 0.1) is 0 Å². The molecule has 3 amide bonds. The fourth-order valence-corrected chi connectivity index (χ4v) is 2.72. The summed E-state index contributed by atoms with van der Waals surface area (Å²) >= 11 is 0. The molecule has 24 heavy (non-hydrogen) atoms. The monoisotopic (exact) mass is 318 g/mol. The normalized spacial score (nSPS) is 16.2. The highest BCUT2D eigenvalue weighted by Crippen LogP contribution is 2.26. The molecule has 6 heteroatoms. The maximum Gasteiger partial charge on any atom is 0.328 e. The second-order valence-electron chi connectivity index (χ2n) is 5.49. The fraction of sp³-hybridized carbons (Fsp3) is 0.0556. The van der Waals surface area contributed by atoms with Gasteiger partial charge in [-0.3, -0.25) is 14.1 Å². The molecule has 1 aliphatic heterocycles. The van der Waals surface area contributed by atoms with Crippen molar-refractivity contribution in [3.8, 4) is 11.3 Å². The van der Waals surface area contributed by atoms with Crippen LogP contribution in [0.5, 0.6) is 0 Å². The van der Waals surface area contributed by atoms with Gasteiger partial charge in [-0.15, -0.1) is 0 Å². The number of imidazole rings is 1. The average Bonchev–Trinajstić information content (AvgIpc) is 3.09. The molecule has 0 atom stereocenters. The van der Waals surface area contributed by atoms with Gasteiger partial charge in [0, 0.05) is 18.8 Å². The number of hydrogen-bond acceptors (Lipinski definition) is 3. The second kappa shape index (κ2) is 5.34. The summed E-state index contributed by atoms with van der Waals surface area (Å²) in [4.78, 5) is 29.6. The quantitative estimate of drug-likeness (QED) is 0.583. The Morgan fingerprint density at radius 3 is 2.50 bits per heavy atom. The molecule has 0 radical (unpaired) electrons. The van der Waals surface area contributed by atoms with E-state index in [0.29, 0.717) is 0 Å². The minimum atomic E-state index is -0.429. The lowest BCUT2D eigenvalue weighted by Crippen LogP contribution is -2.25. The van der Waals surface area contributed by atoms with Crippen LogP contribution in [0.2, 0.25) is 0 Å². The zero-order valence-corrected chi connectivity index (χ0v) is 12.9. The van der Waals surface area contributed by atoms with E-state index in [2.05, 4.69) is 10.3 Å². The van der Waals surface area contributed by atoms with E-state index >= 15 is 0 Å². The van der Waals surface area contributed by atoms with Crippen LogP contribution >= 0.6 is 0 Å². The number of pyridine rings is 1. The Hall–Kier alpha value is -3.41. The Balaban J connectivity index is 1.94. The van der Waals surface area contributed by atoms with E-state index in [-0.39, 0.29) is 11.6 Å². The van der Waals surface area contributed by atoms with Gasteiger partial charge in [0.1, 0.15) is 11.3 Å². The third-order valence-corrected chi connectivity index (χ3v) is 3.98. The van der Waals surface area contributed by atoms with Crippen molar-refractivity contribution in [3.05, 3.63) is 66.1 Å². The number of nitrogens with zero attached hydrogens (tertiary/aromatic N) is 3. The number of fused-ring (bicyclic) bond motifs is 1. The van der Waals surface area contributed by atoms with Gasteiger partial charge in [0.05, 0.1) is 11.4 Å². The Bertz CT molecular complexity index is 989. The first kappa shape index (κ1) is 14.2. The molecule has 1 fully saturated rings. The van der Waals surface area contributed by atoms with Gasteiger partial charge >= 0.3 is 6.03 Å². The van der Waals surface area contributed by atoms with E-state index in [1.54, 1.807) is 6.08 Å². The summed E-state index contributed by atoms with van der Waals surface area (Å²) in [5.41, 5.74) is 3.46. The van der Waals surface area contributed by atoms with E-state index in [9.17, 15) is 9.59 Å². The van der Waals surface area contributed by atoms with Crippen molar-refractivity contribution in [2.24, 2.45) is 0 Å². The van der Waals surface area contributed by atoms with E-state index in [0.717, 1.165) is 27.5 Å². The molecule has 0 aliphatic carbocycles. The lowest BCUT2D eigenvalue weighted by Gasteiger charge is -2.02. The first-order valence-electron chi connectivity index (χ1n) is 7.48. The first-order chi connectivity index (χ1) is 11.6. The Morgan fingerprint density at radius 2 is 1.79 bits per heavy atom. The summed E-state index contributed by atoms with van der Waals surface area (Å²) in [6.07, 6.45) is 3.55. The summed E-state index contributed by atoms with van der Waals surface area (Å²) < 4.78 is 1.90. The number of carbonyl (C=O) groups is 2. The Labute approximate surface area is 138 Å². The SMILES string of the molecule is CN1C(=O)N/C(=C/c2c(-c3ccccc3)nc3ccccn23)C1=O. The molecule has 0 unspecified atom stereocenters. The van der Waals surface area contributed by atoms with Crippen LogP contribution in [-0.2, 0) is 4.79 Å². The molecular weight excluding hydrogens is 304 g/mol. The van der Waals surface area contributed by atoms with Crippen molar-refractivity contribution in [2.75, 3.05) is 7.05 Å². The number of likely N-dealkylation sites (N-methyl/N-ethyl adjacent to an activating group) is 1. The highest BCUT2D eigenvalue weighted by molar-refractivity contribution is 6.13.